The number of benzene rings is 2. The maximum absolute atomic E-state index is 11.4. The quantitative estimate of drug-likeness (QED) is 0.343. The zero-order valence-electron chi connectivity index (χ0n) is 22.4. The van der Waals surface area contributed by atoms with Gasteiger partial charge in [-0.05, 0) is 78.6 Å². The van der Waals surface area contributed by atoms with Gasteiger partial charge in [0.2, 0.25) is 5.88 Å². The van der Waals surface area contributed by atoms with E-state index in [1.807, 2.05) is 12.1 Å². The third-order valence-corrected chi connectivity index (χ3v) is 8.38. The van der Waals surface area contributed by atoms with Gasteiger partial charge in [-0.2, -0.15) is 0 Å². The van der Waals surface area contributed by atoms with E-state index in [1.165, 1.54) is 22.9 Å². The second kappa shape index (κ2) is 10.9. The highest BCUT2D eigenvalue weighted by atomic mass is 32.2. The van der Waals surface area contributed by atoms with Crippen molar-refractivity contribution in [3.05, 3.63) is 70.4 Å². The summed E-state index contributed by atoms with van der Waals surface area (Å²) in [6.45, 7) is 4.83. The lowest BCUT2D eigenvalue weighted by molar-refractivity contribution is -0.137. The summed E-state index contributed by atoms with van der Waals surface area (Å²) in [6.07, 6.45) is 4.95. The second-order valence-electron chi connectivity index (χ2n) is 10.4. The van der Waals surface area contributed by atoms with Gasteiger partial charge in [0.25, 0.3) is 0 Å². The van der Waals surface area contributed by atoms with Crippen LogP contribution < -0.4 is 14.2 Å². The first-order valence-corrected chi connectivity index (χ1v) is 15.2. The molecule has 1 aromatic heterocycles. The molecule has 5 rings (SSSR count). The number of ether oxygens (including phenoxy) is 3. The number of hydrogen-bond donors (Lipinski definition) is 1. The van der Waals surface area contributed by atoms with Crippen molar-refractivity contribution in [1.29, 1.82) is 0 Å². The number of carboxylic acid groups (broad SMARTS) is 1. The van der Waals surface area contributed by atoms with Crippen molar-refractivity contribution in [3.8, 4) is 28.5 Å². The first kappa shape index (κ1) is 27.0. The molecule has 0 spiro atoms. The summed E-state index contributed by atoms with van der Waals surface area (Å²) in [5, 5.41) is 9.13. The van der Waals surface area contributed by atoms with Crippen LogP contribution in [0.1, 0.15) is 59.1 Å². The number of sulfone groups is 1. The molecule has 0 amide bonds. The molecule has 0 bridgehead atoms. The van der Waals surface area contributed by atoms with Crippen LogP contribution in [0, 0.1) is 13.8 Å². The molecule has 1 N–H and O–H groups in total. The van der Waals surface area contributed by atoms with Crippen LogP contribution in [0.15, 0.2) is 42.6 Å². The van der Waals surface area contributed by atoms with Crippen molar-refractivity contribution < 1.29 is 32.5 Å². The second-order valence-corrected chi connectivity index (χ2v) is 12.7. The molecule has 206 valence electrons. The van der Waals surface area contributed by atoms with E-state index in [0.29, 0.717) is 31.3 Å². The minimum Gasteiger partial charge on any atom is -0.494 e. The number of aliphatic carboxylic acids is 1. The molecule has 1 aliphatic carbocycles. The lowest BCUT2D eigenvalue weighted by atomic mass is 9.90. The van der Waals surface area contributed by atoms with Crippen LogP contribution in [0.4, 0.5) is 0 Å². The highest BCUT2D eigenvalue weighted by molar-refractivity contribution is 7.90. The minimum atomic E-state index is -3.00. The smallest absolute Gasteiger partial charge is 0.304 e. The van der Waals surface area contributed by atoms with Gasteiger partial charge in [-0.1, -0.05) is 18.2 Å². The third-order valence-electron chi connectivity index (χ3n) is 7.35. The van der Waals surface area contributed by atoms with Crippen LogP contribution in [0.25, 0.3) is 11.1 Å². The van der Waals surface area contributed by atoms with Crippen LogP contribution in [0.3, 0.4) is 0 Å². The van der Waals surface area contributed by atoms with Gasteiger partial charge in [0.05, 0.1) is 25.4 Å². The molecule has 1 aliphatic heterocycles. The number of rotatable bonds is 10. The molecule has 2 heterocycles. The third kappa shape index (κ3) is 6.03. The average molecular weight is 552 g/mol. The van der Waals surface area contributed by atoms with Crippen LogP contribution in [-0.2, 0) is 21.1 Å². The summed E-state index contributed by atoms with van der Waals surface area (Å²) in [5.74, 6) is 0.922. The lowest BCUT2D eigenvalue weighted by Gasteiger charge is -2.18. The molecule has 2 aliphatic rings. The highest BCUT2D eigenvalue weighted by Crippen LogP contribution is 2.43. The number of aryl methyl sites for hydroxylation is 2. The number of nitrogens with zero attached hydrogens (tertiary/aromatic N) is 1. The molecular weight excluding hydrogens is 518 g/mol. The highest BCUT2D eigenvalue weighted by Gasteiger charge is 2.30. The van der Waals surface area contributed by atoms with Gasteiger partial charge in [0.1, 0.15) is 27.4 Å². The van der Waals surface area contributed by atoms with Gasteiger partial charge in [-0.25, -0.2) is 13.4 Å². The Morgan fingerprint density at radius 1 is 1.15 bits per heavy atom. The summed E-state index contributed by atoms with van der Waals surface area (Å²) >= 11 is 0. The van der Waals surface area contributed by atoms with Crippen LogP contribution >= 0.6 is 0 Å². The molecule has 0 radical (unpaired) electrons. The van der Waals surface area contributed by atoms with E-state index < -0.39 is 15.8 Å². The van der Waals surface area contributed by atoms with Gasteiger partial charge in [-0.3, -0.25) is 4.79 Å². The Balaban J connectivity index is 1.33. The number of aromatic nitrogens is 1. The van der Waals surface area contributed by atoms with Crippen molar-refractivity contribution >= 4 is 15.8 Å². The van der Waals surface area contributed by atoms with E-state index in [0.717, 1.165) is 40.8 Å². The number of carbonyl (C=O) groups is 1. The predicted molar refractivity (Wildman–Crippen MR) is 148 cm³/mol. The molecule has 9 heteroatoms. The Labute approximate surface area is 228 Å². The van der Waals surface area contributed by atoms with Crippen molar-refractivity contribution in [1.82, 2.24) is 4.98 Å². The summed E-state index contributed by atoms with van der Waals surface area (Å²) in [7, 11) is -3.00. The molecule has 0 saturated heterocycles. The van der Waals surface area contributed by atoms with Gasteiger partial charge in [-0.15, -0.1) is 0 Å². The zero-order chi connectivity index (χ0) is 27.7. The van der Waals surface area contributed by atoms with E-state index in [9.17, 15) is 13.2 Å². The topological polar surface area (TPSA) is 112 Å². The monoisotopic (exact) mass is 551 g/mol. The number of carboxylic acids is 1. The number of pyridine rings is 1. The van der Waals surface area contributed by atoms with Crippen molar-refractivity contribution in [2.75, 3.05) is 25.2 Å². The van der Waals surface area contributed by atoms with Crippen molar-refractivity contribution in [3.63, 3.8) is 0 Å². The van der Waals surface area contributed by atoms with Gasteiger partial charge in [0, 0.05) is 30.0 Å². The zero-order valence-corrected chi connectivity index (χ0v) is 23.2. The Morgan fingerprint density at radius 2 is 1.92 bits per heavy atom. The summed E-state index contributed by atoms with van der Waals surface area (Å²) < 4.78 is 40.6. The Morgan fingerprint density at radius 3 is 2.64 bits per heavy atom. The number of fused-ring (bicyclic) bond motifs is 2. The normalized spacial score (nSPS) is 17.8. The van der Waals surface area contributed by atoms with Crippen LogP contribution in [0.5, 0.6) is 17.4 Å². The molecule has 8 nitrogen and oxygen atoms in total. The van der Waals surface area contributed by atoms with Crippen LogP contribution in [-0.4, -0.2) is 49.7 Å². The van der Waals surface area contributed by atoms with Crippen molar-refractivity contribution in [2.24, 2.45) is 0 Å². The Kier molecular flexibility index (Phi) is 7.53. The standard InChI is InChI=1S/C30H33NO7S/c1-18-12-21(36-10-5-11-39(3,34)35)13-19(2)30(18)24-7-4-6-23-22(24)8-9-26(23)38-28-15-27-25(16-31-28)20(17-37-27)14-29(32)33/h4,6-7,12-13,15-16,20,26H,5,8-11,14,17H2,1-3H3,(H,32,33). The maximum Gasteiger partial charge on any atom is 0.304 e. The molecule has 3 aromatic rings. The molecule has 0 fully saturated rings. The maximum atomic E-state index is 11.4. The molecule has 0 saturated carbocycles. The first-order chi connectivity index (χ1) is 18.6. The van der Waals surface area contributed by atoms with Gasteiger partial charge in [0.15, 0.2) is 0 Å². The first-order valence-electron chi connectivity index (χ1n) is 13.1. The minimum absolute atomic E-state index is 0.0166. The average Bonchev–Trinajstić information content (AvgIpc) is 3.45. The lowest BCUT2D eigenvalue weighted by Crippen LogP contribution is -2.08. The van der Waals surface area contributed by atoms with Gasteiger partial charge >= 0.3 is 5.97 Å². The SMILES string of the molecule is Cc1cc(OCCCS(C)(=O)=O)cc(C)c1-c1cccc2c1CCC2Oc1cc2c(cn1)C(CC(=O)O)CO2. The van der Waals surface area contributed by atoms with E-state index in [4.69, 9.17) is 19.3 Å². The molecular formula is C30H33NO7S. The fourth-order valence-electron chi connectivity index (χ4n) is 5.65. The summed E-state index contributed by atoms with van der Waals surface area (Å²) in [6, 6.07) is 12.1. The fourth-order valence-corrected chi connectivity index (χ4v) is 6.29. The molecule has 2 aromatic carbocycles. The largest absolute Gasteiger partial charge is 0.494 e. The Bertz CT molecular complexity index is 1490. The predicted octanol–water partition coefficient (Wildman–Crippen LogP) is 5.20. The van der Waals surface area contributed by atoms with E-state index in [-0.39, 0.29) is 24.2 Å². The van der Waals surface area contributed by atoms with E-state index >= 15 is 0 Å². The van der Waals surface area contributed by atoms with Crippen molar-refractivity contribution in [2.45, 2.75) is 51.6 Å². The number of hydrogen-bond acceptors (Lipinski definition) is 7. The Hall–Kier alpha value is -3.59. The van der Waals surface area contributed by atoms with E-state index in [1.54, 1.807) is 12.3 Å². The molecule has 2 unspecified atom stereocenters. The van der Waals surface area contributed by atoms with Crippen LogP contribution in [0.2, 0.25) is 0 Å². The van der Waals surface area contributed by atoms with Gasteiger partial charge < -0.3 is 19.3 Å². The summed E-state index contributed by atoms with van der Waals surface area (Å²) in [5.41, 5.74) is 7.75. The summed E-state index contributed by atoms with van der Waals surface area (Å²) in [4.78, 5) is 15.6. The molecule has 2 atom stereocenters. The molecule has 39 heavy (non-hydrogen) atoms. The fraction of sp³-hybridized carbons (Fsp3) is 0.400. The van der Waals surface area contributed by atoms with E-state index in [2.05, 4.69) is 37.0 Å².